The first-order chi connectivity index (χ1) is 9.26. The van der Waals surface area contributed by atoms with Gasteiger partial charge in [0.15, 0.2) is 0 Å². The minimum atomic E-state index is -0.188. The molecule has 0 aliphatic heterocycles. The molecule has 19 heavy (non-hydrogen) atoms. The third-order valence-corrected chi connectivity index (χ3v) is 4.94. The van der Waals surface area contributed by atoms with E-state index in [0.717, 1.165) is 25.7 Å². The topological polar surface area (TPSA) is 20.2 Å². The molecule has 1 heteroatoms. The Labute approximate surface area is 115 Å². The van der Waals surface area contributed by atoms with E-state index in [2.05, 4.69) is 49.4 Å². The molecule has 0 spiro atoms. The van der Waals surface area contributed by atoms with Crippen LogP contribution in [0.1, 0.15) is 44.6 Å². The Morgan fingerprint density at radius 3 is 2.63 bits per heavy atom. The fourth-order valence-electron chi connectivity index (χ4n) is 3.67. The zero-order valence-electron chi connectivity index (χ0n) is 11.6. The molecule has 0 radical (unpaired) electrons. The van der Waals surface area contributed by atoms with Gasteiger partial charge in [0.1, 0.15) is 0 Å². The molecule has 1 aliphatic rings. The van der Waals surface area contributed by atoms with E-state index in [0.29, 0.717) is 0 Å². The molecule has 2 aromatic carbocycles. The Morgan fingerprint density at radius 2 is 1.89 bits per heavy atom. The molecule has 1 aliphatic carbocycles. The standard InChI is InChI=1S/C18H22O/c1-2-18(12-6-5-9-17(18)19)16-11-10-14-7-3-4-8-15(14)13-16/h3-4,7-8,10-11,13,17,19H,2,5-6,9,12H2,1H3. The average Bonchev–Trinajstić information content (AvgIpc) is 2.47. The van der Waals surface area contributed by atoms with E-state index in [9.17, 15) is 5.11 Å². The summed E-state index contributed by atoms with van der Waals surface area (Å²) in [4.78, 5) is 0. The van der Waals surface area contributed by atoms with Crippen molar-refractivity contribution in [3.8, 4) is 0 Å². The summed E-state index contributed by atoms with van der Waals surface area (Å²) in [5, 5.41) is 13.1. The molecule has 0 amide bonds. The Morgan fingerprint density at radius 1 is 1.11 bits per heavy atom. The third kappa shape index (κ3) is 2.06. The summed E-state index contributed by atoms with van der Waals surface area (Å²) in [6, 6.07) is 15.2. The summed E-state index contributed by atoms with van der Waals surface area (Å²) in [7, 11) is 0. The number of hydrogen-bond donors (Lipinski definition) is 1. The van der Waals surface area contributed by atoms with Crippen LogP contribution in [0.5, 0.6) is 0 Å². The lowest BCUT2D eigenvalue weighted by atomic mass is 9.65. The van der Waals surface area contributed by atoms with Gasteiger partial charge in [0, 0.05) is 5.41 Å². The second-order valence-corrected chi connectivity index (χ2v) is 5.83. The van der Waals surface area contributed by atoms with Crippen LogP contribution in [0.3, 0.4) is 0 Å². The van der Waals surface area contributed by atoms with Gasteiger partial charge >= 0.3 is 0 Å². The van der Waals surface area contributed by atoms with Crippen LogP contribution in [0.15, 0.2) is 42.5 Å². The highest BCUT2D eigenvalue weighted by atomic mass is 16.3. The molecule has 3 rings (SSSR count). The first-order valence-electron chi connectivity index (χ1n) is 7.43. The minimum Gasteiger partial charge on any atom is -0.392 e. The molecule has 1 saturated carbocycles. The van der Waals surface area contributed by atoms with Gasteiger partial charge in [0.05, 0.1) is 6.10 Å². The normalized spacial score (nSPS) is 27.6. The van der Waals surface area contributed by atoms with Crippen LogP contribution in [0, 0.1) is 0 Å². The number of rotatable bonds is 2. The maximum absolute atomic E-state index is 10.5. The zero-order chi connectivity index (χ0) is 13.3. The summed E-state index contributed by atoms with van der Waals surface area (Å²) in [6.07, 6.45) is 5.29. The largest absolute Gasteiger partial charge is 0.392 e. The van der Waals surface area contributed by atoms with E-state index in [1.807, 2.05) is 0 Å². The van der Waals surface area contributed by atoms with Crippen molar-refractivity contribution in [2.24, 2.45) is 0 Å². The van der Waals surface area contributed by atoms with Crippen molar-refractivity contribution in [1.82, 2.24) is 0 Å². The van der Waals surface area contributed by atoms with Crippen LogP contribution < -0.4 is 0 Å². The molecule has 0 bridgehead atoms. The van der Waals surface area contributed by atoms with Crippen molar-refractivity contribution in [3.63, 3.8) is 0 Å². The van der Waals surface area contributed by atoms with E-state index in [1.54, 1.807) is 0 Å². The monoisotopic (exact) mass is 254 g/mol. The van der Waals surface area contributed by atoms with Gasteiger partial charge in [-0.25, -0.2) is 0 Å². The molecule has 0 heterocycles. The second kappa shape index (κ2) is 4.97. The smallest absolute Gasteiger partial charge is 0.0636 e. The molecule has 2 atom stereocenters. The van der Waals surface area contributed by atoms with E-state index in [1.165, 1.54) is 22.8 Å². The fourth-order valence-corrected chi connectivity index (χ4v) is 3.67. The summed E-state index contributed by atoms with van der Waals surface area (Å²) in [5.41, 5.74) is 1.29. The highest BCUT2D eigenvalue weighted by Crippen LogP contribution is 2.43. The number of aliphatic hydroxyl groups is 1. The molecule has 100 valence electrons. The Hall–Kier alpha value is -1.34. The molecule has 0 saturated heterocycles. The van der Waals surface area contributed by atoms with E-state index in [-0.39, 0.29) is 11.5 Å². The summed E-state index contributed by atoms with van der Waals surface area (Å²) in [5.74, 6) is 0. The number of hydrogen-bond acceptors (Lipinski definition) is 1. The van der Waals surface area contributed by atoms with Crippen LogP contribution in [0.4, 0.5) is 0 Å². The van der Waals surface area contributed by atoms with Gasteiger partial charge < -0.3 is 5.11 Å². The lowest BCUT2D eigenvalue weighted by molar-refractivity contribution is 0.0391. The van der Waals surface area contributed by atoms with E-state index in [4.69, 9.17) is 0 Å². The summed E-state index contributed by atoms with van der Waals surface area (Å²) >= 11 is 0. The molecule has 0 aromatic heterocycles. The Kier molecular flexibility index (Phi) is 3.32. The molecule has 2 unspecified atom stereocenters. The Bertz CT molecular complexity index is 575. The summed E-state index contributed by atoms with van der Waals surface area (Å²) in [6.45, 7) is 2.21. The van der Waals surface area contributed by atoms with Crippen LogP contribution in [0.25, 0.3) is 10.8 Å². The fraction of sp³-hybridized carbons (Fsp3) is 0.444. The van der Waals surface area contributed by atoms with Crippen molar-refractivity contribution in [2.45, 2.75) is 50.5 Å². The molecule has 1 fully saturated rings. The van der Waals surface area contributed by atoms with Crippen molar-refractivity contribution >= 4 is 10.8 Å². The molecule has 2 aromatic rings. The van der Waals surface area contributed by atoms with Gasteiger partial charge in [0.2, 0.25) is 0 Å². The molecular formula is C18H22O. The second-order valence-electron chi connectivity index (χ2n) is 5.83. The minimum absolute atomic E-state index is 0.0255. The lowest BCUT2D eigenvalue weighted by Crippen LogP contribution is -2.41. The van der Waals surface area contributed by atoms with Crippen LogP contribution in [-0.4, -0.2) is 11.2 Å². The van der Waals surface area contributed by atoms with E-state index >= 15 is 0 Å². The maximum Gasteiger partial charge on any atom is 0.0636 e. The zero-order valence-corrected chi connectivity index (χ0v) is 11.6. The highest BCUT2D eigenvalue weighted by Gasteiger charge is 2.39. The molecule has 1 N–H and O–H groups in total. The van der Waals surface area contributed by atoms with Gasteiger partial charge in [0.25, 0.3) is 0 Å². The van der Waals surface area contributed by atoms with Crippen LogP contribution in [-0.2, 0) is 5.41 Å². The lowest BCUT2D eigenvalue weighted by Gasteiger charge is -2.41. The predicted octanol–water partition coefficient (Wildman–Crippen LogP) is 4.42. The summed E-state index contributed by atoms with van der Waals surface area (Å²) < 4.78 is 0. The maximum atomic E-state index is 10.5. The third-order valence-electron chi connectivity index (χ3n) is 4.94. The first kappa shape index (κ1) is 12.7. The quantitative estimate of drug-likeness (QED) is 0.841. The van der Waals surface area contributed by atoms with Gasteiger partial charge in [-0.2, -0.15) is 0 Å². The van der Waals surface area contributed by atoms with Gasteiger partial charge in [-0.05, 0) is 35.6 Å². The van der Waals surface area contributed by atoms with Crippen molar-refractivity contribution < 1.29 is 5.11 Å². The first-order valence-corrected chi connectivity index (χ1v) is 7.43. The van der Waals surface area contributed by atoms with Crippen molar-refractivity contribution in [3.05, 3.63) is 48.0 Å². The Balaban J connectivity index is 2.10. The van der Waals surface area contributed by atoms with Crippen LogP contribution in [0.2, 0.25) is 0 Å². The van der Waals surface area contributed by atoms with Crippen molar-refractivity contribution in [2.75, 3.05) is 0 Å². The number of fused-ring (bicyclic) bond motifs is 1. The predicted molar refractivity (Wildman–Crippen MR) is 80.4 cm³/mol. The highest BCUT2D eigenvalue weighted by molar-refractivity contribution is 5.83. The van der Waals surface area contributed by atoms with Gasteiger partial charge in [-0.3, -0.25) is 0 Å². The van der Waals surface area contributed by atoms with Gasteiger partial charge in [-0.15, -0.1) is 0 Å². The van der Waals surface area contributed by atoms with Crippen LogP contribution >= 0.6 is 0 Å². The SMILES string of the molecule is CCC1(c2ccc3ccccc3c2)CCCCC1O. The molecule has 1 nitrogen and oxygen atoms in total. The van der Waals surface area contributed by atoms with Crippen molar-refractivity contribution in [1.29, 1.82) is 0 Å². The molecular weight excluding hydrogens is 232 g/mol. The van der Waals surface area contributed by atoms with E-state index < -0.39 is 0 Å². The number of aliphatic hydroxyl groups excluding tert-OH is 1. The average molecular weight is 254 g/mol. The number of benzene rings is 2. The van der Waals surface area contributed by atoms with Gasteiger partial charge in [-0.1, -0.05) is 62.2 Å².